The number of hydrogen-bond acceptors (Lipinski definition) is 3. The van der Waals surface area contributed by atoms with Gasteiger partial charge >= 0.3 is 0 Å². The second kappa shape index (κ2) is 7.88. The molecule has 4 nitrogen and oxygen atoms in total. The summed E-state index contributed by atoms with van der Waals surface area (Å²) in [7, 11) is 1.59. The van der Waals surface area contributed by atoms with Gasteiger partial charge in [0.2, 0.25) is 0 Å². The fourth-order valence-electron chi connectivity index (χ4n) is 2.10. The molecule has 122 valence electrons. The highest BCUT2D eigenvalue weighted by Gasteiger charge is 2.11. The number of nitrogens with one attached hydrogen (secondary N) is 1. The van der Waals surface area contributed by atoms with Crippen molar-refractivity contribution >= 4 is 17.5 Å². The highest BCUT2D eigenvalue weighted by atomic mass is 35.5. The molecule has 0 fully saturated rings. The molecule has 0 aliphatic heterocycles. The number of ether oxygens (including phenoxy) is 2. The van der Waals surface area contributed by atoms with Gasteiger partial charge in [0.05, 0.1) is 23.8 Å². The van der Waals surface area contributed by atoms with Gasteiger partial charge in [0.25, 0.3) is 5.91 Å². The van der Waals surface area contributed by atoms with Crippen LogP contribution in [0.25, 0.3) is 0 Å². The van der Waals surface area contributed by atoms with E-state index in [0.29, 0.717) is 28.6 Å². The minimum Gasteiger partial charge on any atom is -0.493 e. The number of hydrogen-bond donors (Lipinski definition) is 1. The van der Waals surface area contributed by atoms with E-state index in [1.807, 2.05) is 32.0 Å². The summed E-state index contributed by atoms with van der Waals surface area (Å²) in [6.45, 7) is 4.29. The van der Waals surface area contributed by atoms with Crippen LogP contribution in [0.1, 0.15) is 29.8 Å². The highest BCUT2D eigenvalue weighted by Crippen LogP contribution is 2.29. The minimum atomic E-state index is -0.211. The zero-order chi connectivity index (χ0) is 16.8. The van der Waals surface area contributed by atoms with Crippen LogP contribution in [0, 0.1) is 0 Å². The number of rotatable bonds is 6. The molecule has 0 saturated carbocycles. The van der Waals surface area contributed by atoms with E-state index in [1.165, 1.54) is 0 Å². The highest BCUT2D eigenvalue weighted by molar-refractivity contribution is 6.33. The SMILES string of the molecule is COc1cc(CNC(=O)c2ccccc2Cl)ccc1OC(C)C. The van der Waals surface area contributed by atoms with Crippen molar-refractivity contribution in [2.75, 3.05) is 7.11 Å². The summed E-state index contributed by atoms with van der Waals surface area (Å²) in [5, 5.41) is 3.28. The second-order valence-electron chi connectivity index (χ2n) is 5.31. The van der Waals surface area contributed by atoms with Gasteiger partial charge in [-0.3, -0.25) is 4.79 Å². The average Bonchev–Trinajstić information content (AvgIpc) is 2.53. The number of benzene rings is 2. The lowest BCUT2D eigenvalue weighted by molar-refractivity contribution is 0.0951. The van der Waals surface area contributed by atoms with Gasteiger partial charge in [-0.25, -0.2) is 0 Å². The van der Waals surface area contributed by atoms with Gasteiger partial charge in [0.15, 0.2) is 11.5 Å². The lowest BCUT2D eigenvalue weighted by Crippen LogP contribution is -2.23. The molecule has 0 spiro atoms. The van der Waals surface area contributed by atoms with Crippen LogP contribution in [0.15, 0.2) is 42.5 Å². The van der Waals surface area contributed by atoms with Crippen LogP contribution in [0.3, 0.4) is 0 Å². The Balaban J connectivity index is 2.06. The molecule has 5 heteroatoms. The number of carbonyl (C=O) groups excluding carboxylic acids is 1. The summed E-state index contributed by atoms with van der Waals surface area (Å²) >= 11 is 6.02. The second-order valence-corrected chi connectivity index (χ2v) is 5.72. The third-order valence-electron chi connectivity index (χ3n) is 3.16. The molecule has 0 aromatic heterocycles. The molecule has 0 unspecified atom stereocenters. The predicted octanol–water partition coefficient (Wildman–Crippen LogP) is 4.07. The van der Waals surface area contributed by atoms with Crippen molar-refractivity contribution in [2.45, 2.75) is 26.5 Å². The van der Waals surface area contributed by atoms with Crippen molar-refractivity contribution in [3.63, 3.8) is 0 Å². The van der Waals surface area contributed by atoms with Crippen molar-refractivity contribution in [2.24, 2.45) is 0 Å². The molecule has 0 atom stereocenters. The van der Waals surface area contributed by atoms with E-state index in [9.17, 15) is 4.79 Å². The summed E-state index contributed by atoms with van der Waals surface area (Å²) in [6.07, 6.45) is 0.0645. The Hall–Kier alpha value is -2.20. The Morgan fingerprint density at radius 1 is 1.17 bits per heavy atom. The van der Waals surface area contributed by atoms with Gasteiger partial charge in [0.1, 0.15) is 0 Å². The van der Waals surface area contributed by atoms with Crippen molar-refractivity contribution in [1.82, 2.24) is 5.32 Å². The van der Waals surface area contributed by atoms with Crippen LogP contribution >= 0.6 is 11.6 Å². The maximum Gasteiger partial charge on any atom is 0.253 e. The van der Waals surface area contributed by atoms with E-state index in [4.69, 9.17) is 21.1 Å². The summed E-state index contributed by atoms with van der Waals surface area (Å²) in [5.41, 5.74) is 1.37. The fraction of sp³-hybridized carbons (Fsp3) is 0.278. The normalized spacial score (nSPS) is 10.5. The van der Waals surface area contributed by atoms with Gasteiger partial charge in [-0.15, -0.1) is 0 Å². The number of carbonyl (C=O) groups is 1. The zero-order valence-corrected chi connectivity index (χ0v) is 14.2. The Morgan fingerprint density at radius 3 is 2.57 bits per heavy atom. The molecule has 1 amide bonds. The Morgan fingerprint density at radius 2 is 1.91 bits per heavy atom. The molecular weight excluding hydrogens is 314 g/mol. The molecule has 2 aromatic rings. The topological polar surface area (TPSA) is 47.6 Å². The predicted molar refractivity (Wildman–Crippen MR) is 91.4 cm³/mol. The summed E-state index contributed by atoms with van der Waals surface area (Å²) in [5.74, 6) is 1.11. The zero-order valence-electron chi connectivity index (χ0n) is 13.4. The van der Waals surface area contributed by atoms with Crippen molar-refractivity contribution in [1.29, 1.82) is 0 Å². The van der Waals surface area contributed by atoms with Crippen LogP contribution < -0.4 is 14.8 Å². The van der Waals surface area contributed by atoms with E-state index in [1.54, 1.807) is 31.4 Å². The minimum absolute atomic E-state index is 0.0645. The Labute approximate surface area is 141 Å². The molecule has 1 N–H and O–H groups in total. The summed E-state index contributed by atoms with van der Waals surface area (Å²) < 4.78 is 11.0. The first-order valence-electron chi connectivity index (χ1n) is 7.37. The molecule has 2 rings (SSSR count). The molecular formula is C18H20ClNO3. The van der Waals surface area contributed by atoms with Gasteiger partial charge in [-0.05, 0) is 43.7 Å². The fourth-order valence-corrected chi connectivity index (χ4v) is 2.32. The van der Waals surface area contributed by atoms with Crippen LogP contribution in [-0.4, -0.2) is 19.1 Å². The van der Waals surface area contributed by atoms with Crippen molar-refractivity contribution in [3.8, 4) is 11.5 Å². The lowest BCUT2D eigenvalue weighted by atomic mass is 10.1. The van der Waals surface area contributed by atoms with E-state index < -0.39 is 0 Å². The van der Waals surface area contributed by atoms with Gasteiger partial charge in [-0.1, -0.05) is 29.8 Å². The first-order chi connectivity index (χ1) is 11.0. The Kier molecular flexibility index (Phi) is 5.88. The maximum absolute atomic E-state index is 12.2. The Bertz CT molecular complexity index is 686. The average molecular weight is 334 g/mol. The molecule has 23 heavy (non-hydrogen) atoms. The lowest BCUT2D eigenvalue weighted by Gasteiger charge is -2.15. The number of methoxy groups -OCH3 is 1. The molecule has 0 saturated heterocycles. The third kappa shape index (κ3) is 4.63. The molecule has 0 radical (unpaired) electrons. The van der Waals surface area contributed by atoms with Crippen LogP contribution in [0.4, 0.5) is 0 Å². The molecule has 2 aromatic carbocycles. The molecule has 0 aliphatic carbocycles. The maximum atomic E-state index is 12.2. The largest absolute Gasteiger partial charge is 0.493 e. The van der Waals surface area contributed by atoms with Crippen molar-refractivity contribution in [3.05, 3.63) is 58.6 Å². The molecule has 0 aliphatic rings. The van der Waals surface area contributed by atoms with Crippen LogP contribution in [0.5, 0.6) is 11.5 Å². The standard InChI is InChI=1S/C18H20ClNO3/c1-12(2)23-16-9-8-13(10-17(16)22-3)11-20-18(21)14-6-4-5-7-15(14)19/h4-10,12H,11H2,1-3H3,(H,20,21). The van der Waals surface area contributed by atoms with Crippen LogP contribution in [0.2, 0.25) is 5.02 Å². The first kappa shape index (κ1) is 17.2. The summed E-state index contributed by atoms with van der Waals surface area (Å²) in [6, 6.07) is 12.5. The quantitative estimate of drug-likeness (QED) is 0.867. The summed E-state index contributed by atoms with van der Waals surface area (Å²) in [4.78, 5) is 12.2. The van der Waals surface area contributed by atoms with E-state index in [2.05, 4.69) is 5.32 Å². The first-order valence-corrected chi connectivity index (χ1v) is 7.75. The van der Waals surface area contributed by atoms with Gasteiger partial charge in [-0.2, -0.15) is 0 Å². The van der Waals surface area contributed by atoms with E-state index in [0.717, 1.165) is 5.56 Å². The van der Waals surface area contributed by atoms with Gasteiger partial charge < -0.3 is 14.8 Å². The van der Waals surface area contributed by atoms with Crippen LogP contribution in [-0.2, 0) is 6.54 Å². The van der Waals surface area contributed by atoms with Gasteiger partial charge in [0, 0.05) is 6.54 Å². The number of amides is 1. The van der Waals surface area contributed by atoms with E-state index >= 15 is 0 Å². The number of halogens is 1. The molecule has 0 heterocycles. The third-order valence-corrected chi connectivity index (χ3v) is 3.49. The molecule has 0 bridgehead atoms. The smallest absolute Gasteiger partial charge is 0.253 e. The monoisotopic (exact) mass is 333 g/mol. The van der Waals surface area contributed by atoms with Crippen molar-refractivity contribution < 1.29 is 14.3 Å². The van der Waals surface area contributed by atoms with E-state index in [-0.39, 0.29) is 12.0 Å².